The molecule has 2 N–H and O–H groups in total. The Balaban J connectivity index is 0.00000162. The molecule has 0 aromatic heterocycles. The molecule has 1 amide bonds. The predicted octanol–water partition coefficient (Wildman–Crippen LogP) is 1.23. The van der Waals surface area contributed by atoms with Crippen molar-refractivity contribution in [2.24, 2.45) is 5.73 Å². The van der Waals surface area contributed by atoms with Crippen LogP contribution in [0.2, 0.25) is 0 Å². The Morgan fingerprint density at radius 2 is 1.72 bits per heavy atom. The molecule has 4 nitrogen and oxygen atoms in total. The fourth-order valence-electron chi connectivity index (χ4n) is 2.85. The Kier molecular flexibility index (Phi) is 6.97. The van der Waals surface area contributed by atoms with Crippen molar-refractivity contribution >= 4 is 18.3 Å². The van der Waals surface area contributed by atoms with Gasteiger partial charge in [-0.05, 0) is 32.2 Å². The number of nitrogens with two attached hydrogens (primary N) is 1. The molecule has 0 unspecified atom stereocenters. The van der Waals surface area contributed by atoms with Gasteiger partial charge in [-0.15, -0.1) is 12.4 Å². The van der Waals surface area contributed by atoms with Crippen LogP contribution in [0.4, 0.5) is 0 Å². The first kappa shape index (κ1) is 15.7. The molecular weight excluding hydrogens is 250 g/mol. The molecule has 5 heteroatoms. The van der Waals surface area contributed by atoms with E-state index in [-0.39, 0.29) is 18.4 Å². The zero-order valence-electron chi connectivity index (χ0n) is 11.1. The third kappa shape index (κ3) is 4.75. The molecule has 0 aromatic carbocycles. The highest BCUT2D eigenvalue weighted by Gasteiger charge is 2.22. The molecule has 1 atom stereocenters. The quantitative estimate of drug-likeness (QED) is 0.825. The van der Waals surface area contributed by atoms with E-state index in [0.29, 0.717) is 12.5 Å². The van der Waals surface area contributed by atoms with E-state index < -0.39 is 0 Å². The molecule has 2 saturated heterocycles. The maximum Gasteiger partial charge on any atom is 0.236 e. The lowest BCUT2D eigenvalue weighted by atomic mass is 10.1. The lowest BCUT2D eigenvalue weighted by molar-refractivity contribution is -0.132. The number of piperidine rings is 1. The van der Waals surface area contributed by atoms with Gasteiger partial charge in [0.1, 0.15) is 0 Å². The van der Waals surface area contributed by atoms with Gasteiger partial charge >= 0.3 is 0 Å². The van der Waals surface area contributed by atoms with Gasteiger partial charge in [-0.25, -0.2) is 0 Å². The summed E-state index contributed by atoms with van der Waals surface area (Å²) < 4.78 is 0. The Morgan fingerprint density at radius 3 is 2.33 bits per heavy atom. The Hall–Kier alpha value is -0.320. The number of carbonyl (C=O) groups excluding carboxylic acids is 1. The topological polar surface area (TPSA) is 49.6 Å². The number of likely N-dealkylation sites (tertiary alicyclic amines) is 2. The van der Waals surface area contributed by atoms with Gasteiger partial charge in [0.25, 0.3) is 0 Å². The number of carbonyl (C=O) groups is 1. The van der Waals surface area contributed by atoms with Gasteiger partial charge in [0, 0.05) is 25.7 Å². The molecule has 2 heterocycles. The molecule has 0 saturated carbocycles. The normalized spacial score (nSPS) is 26.3. The van der Waals surface area contributed by atoms with Gasteiger partial charge in [-0.3, -0.25) is 9.69 Å². The van der Waals surface area contributed by atoms with Crippen LogP contribution >= 0.6 is 12.4 Å². The molecular formula is C13H26ClN3O. The summed E-state index contributed by atoms with van der Waals surface area (Å²) in [7, 11) is 0. The smallest absolute Gasteiger partial charge is 0.236 e. The number of nitrogens with zero attached hydrogens (tertiary/aromatic N) is 2. The molecule has 2 fully saturated rings. The summed E-state index contributed by atoms with van der Waals surface area (Å²) in [5.74, 6) is 0.306. The van der Waals surface area contributed by atoms with E-state index in [0.717, 1.165) is 39.0 Å². The number of hydrogen-bond donors (Lipinski definition) is 1. The van der Waals surface area contributed by atoms with Crippen LogP contribution in [-0.4, -0.2) is 54.5 Å². The van der Waals surface area contributed by atoms with Crippen LogP contribution in [0, 0.1) is 0 Å². The molecule has 106 valence electrons. The van der Waals surface area contributed by atoms with Gasteiger partial charge in [0.15, 0.2) is 0 Å². The van der Waals surface area contributed by atoms with Gasteiger partial charge in [0.2, 0.25) is 5.91 Å². The Bertz CT molecular complexity index is 255. The summed E-state index contributed by atoms with van der Waals surface area (Å²) in [4.78, 5) is 16.4. The summed E-state index contributed by atoms with van der Waals surface area (Å²) in [5.41, 5.74) is 5.94. The second-order valence-corrected chi connectivity index (χ2v) is 5.43. The van der Waals surface area contributed by atoms with E-state index in [4.69, 9.17) is 5.73 Å². The predicted molar refractivity (Wildman–Crippen MR) is 75.9 cm³/mol. The van der Waals surface area contributed by atoms with Crippen molar-refractivity contribution in [1.82, 2.24) is 9.80 Å². The largest absolute Gasteiger partial charge is 0.342 e. The number of amides is 1. The monoisotopic (exact) mass is 275 g/mol. The Morgan fingerprint density at radius 1 is 1.06 bits per heavy atom. The summed E-state index contributed by atoms with van der Waals surface area (Å²) in [5, 5.41) is 0. The van der Waals surface area contributed by atoms with Gasteiger partial charge in [-0.2, -0.15) is 0 Å². The SMILES string of the molecule is Cl.N[C@@H]1CCCN(CC(=O)N2CCCCCC2)C1. The maximum absolute atomic E-state index is 12.2. The molecule has 0 aromatic rings. The standard InChI is InChI=1S/C13H25N3O.ClH/c14-12-6-5-7-15(10-12)11-13(17)16-8-3-1-2-4-9-16;/h12H,1-11,14H2;1H/t12-;/m1./s1. The van der Waals surface area contributed by atoms with Gasteiger partial charge in [0.05, 0.1) is 6.54 Å². The highest BCUT2D eigenvalue weighted by Crippen LogP contribution is 2.12. The molecule has 2 rings (SSSR count). The van der Waals surface area contributed by atoms with Crippen LogP contribution in [-0.2, 0) is 4.79 Å². The highest BCUT2D eigenvalue weighted by molar-refractivity contribution is 5.85. The molecule has 0 bridgehead atoms. The van der Waals surface area contributed by atoms with E-state index in [2.05, 4.69) is 4.90 Å². The molecule has 0 radical (unpaired) electrons. The number of halogens is 1. The first-order valence-corrected chi connectivity index (χ1v) is 7.01. The van der Waals surface area contributed by atoms with E-state index in [1.165, 1.54) is 25.7 Å². The van der Waals surface area contributed by atoms with Crippen LogP contribution in [0.1, 0.15) is 38.5 Å². The van der Waals surface area contributed by atoms with Crippen molar-refractivity contribution in [3.05, 3.63) is 0 Å². The minimum absolute atomic E-state index is 0. The van der Waals surface area contributed by atoms with Crippen molar-refractivity contribution in [1.29, 1.82) is 0 Å². The van der Waals surface area contributed by atoms with E-state index >= 15 is 0 Å². The molecule has 2 aliphatic rings. The van der Waals surface area contributed by atoms with Gasteiger partial charge < -0.3 is 10.6 Å². The molecule has 0 aliphatic carbocycles. The Labute approximate surface area is 116 Å². The second-order valence-electron chi connectivity index (χ2n) is 5.43. The fourth-order valence-corrected chi connectivity index (χ4v) is 2.85. The summed E-state index contributed by atoms with van der Waals surface area (Å²) in [6.45, 7) is 4.41. The molecule has 18 heavy (non-hydrogen) atoms. The zero-order valence-corrected chi connectivity index (χ0v) is 12.0. The fraction of sp³-hybridized carbons (Fsp3) is 0.923. The second kappa shape index (κ2) is 7.97. The average molecular weight is 276 g/mol. The van der Waals surface area contributed by atoms with Crippen LogP contribution in [0.5, 0.6) is 0 Å². The van der Waals surface area contributed by atoms with Crippen molar-refractivity contribution in [3.63, 3.8) is 0 Å². The zero-order chi connectivity index (χ0) is 12.1. The molecule has 2 aliphatic heterocycles. The summed E-state index contributed by atoms with van der Waals surface area (Å²) in [6.07, 6.45) is 7.14. The third-order valence-electron chi connectivity index (χ3n) is 3.86. The van der Waals surface area contributed by atoms with Crippen molar-refractivity contribution in [2.75, 3.05) is 32.7 Å². The highest BCUT2D eigenvalue weighted by atomic mass is 35.5. The lowest BCUT2D eigenvalue weighted by Gasteiger charge is -2.32. The first-order valence-electron chi connectivity index (χ1n) is 7.01. The minimum atomic E-state index is 0. The minimum Gasteiger partial charge on any atom is -0.342 e. The lowest BCUT2D eigenvalue weighted by Crippen LogP contribution is -2.48. The number of rotatable bonds is 2. The van der Waals surface area contributed by atoms with Crippen LogP contribution in [0.15, 0.2) is 0 Å². The van der Waals surface area contributed by atoms with Crippen molar-refractivity contribution in [3.8, 4) is 0 Å². The summed E-state index contributed by atoms with van der Waals surface area (Å²) >= 11 is 0. The molecule has 0 spiro atoms. The van der Waals surface area contributed by atoms with Crippen LogP contribution in [0.3, 0.4) is 0 Å². The van der Waals surface area contributed by atoms with Crippen LogP contribution < -0.4 is 5.73 Å². The van der Waals surface area contributed by atoms with Crippen molar-refractivity contribution in [2.45, 2.75) is 44.6 Å². The maximum atomic E-state index is 12.2. The number of hydrogen-bond acceptors (Lipinski definition) is 3. The average Bonchev–Trinajstić information content (AvgIpc) is 2.57. The van der Waals surface area contributed by atoms with E-state index in [1.54, 1.807) is 0 Å². The van der Waals surface area contributed by atoms with Gasteiger partial charge in [-0.1, -0.05) is 12.8 Å². The van der Waals surface area contributed by atoms with E-state index in [9.17, 15) is 4.79 Å². The van der Waals surface area contributed by atoms with Crippen molar-refractivity contribution < 1.29 is 4.79 Å². The first-order chi connectivity index (χ1) is 8.25. The van der Waals surface area contributed by atoms with Crippen LogP contribution in [0.25, 0.3) is 0 Å². The third-order valence-corrected chi connectivity index (χ3v) is 3.86. The summed E-state index contributed by atoms with van der Waals surface area (Å²) in [6, 6.07) is 0.265. The van der Waals surface area contributed by atoms with E-state index in [1.807, 2.05) is 4.90 Å².